The van der Waals surface area contributed by atoms with Crippen molar-refractivity contribution in [2.75, 3.05) is 23.9 Å². The highest BCUT2D eigenvalue weighted by atomic mass is 32.2. The molecule has 1 aromatic rings. The second-order valence-electron chi connectivity index (χ2n) is 8.58. The van der Waals surface area contributed by atoms with Gasteiger partial charge < -0.3 is 14.7 Å². The Morgan fingerprint density at radius 3 is 2.67 bits per heavy atom. The molecular weight excluding hydrogens is 417 g/mol. The highest BCUT2D eigenvalue weighted by Crippen LogP contribution is 2.36. The zero-order valence-electron chi connectivity index (χ0n) is 17.1. The molecule has 30 heavy (non-hydrogen) atoms. The van der Waals surface area contributed by atoms with Crippen LogP contribution in [0.25, 0.3) is 0 Å². The zero-order valence-corrected chi connectivity index (χ0v) is 18.0. The van der Waals surface area contributed by atoms with Gasteiger partial charge in [-0.15, -0.1) is 0 Å². The molecular formula is C19H26FN3O6S. The lowest BCUT2D eigenvalue weighted by Gasteiger charge is -2.34. The number of nitrogens with zero attached hydrogens (tertiary/aromatic N) is 2. The third-order valence-electron chi connectivity index (χ3n) is 4.92. The van der Waals surface area contributed by atoms with Gasteiger partial charge in [-0.05, 0) is 57.6 Å². The first-order valence-corrected chi connectivity index (χ1v) is 11.1. The van der Waals surface area contributed by atoms with Crippen LogP contribution < -0.4 is 9.03 Å². The fourth-order valence-corrected chi connectivity index (χ4v) is 4.84. The Hall–Kier alpha value is -2.56. The summed E-state index contributed by atoms with van der Waals surface area (Å²) in [5.74, 6) is -2.34. The maximum absolute atomic E-state index is 15.2. The molecule has 2 N–H and O–H groups in total. The molecule has 2 amide bonds. The van der Waals surface area contributed by atoms with E-state index in [1.54, 1.807) is 30.4 Å². The first kappa shape index (κ1) is 22.1. The molecule has 9 nitrogen and oxygen atoms in total. The molecule has 2 aliphatic heterocycles. The fourth-order valence-electron chi connectivity index (χ4n) is 3.67. The Morgan fingerprint density at radius 2 is 2.07 bits per heavy atom. The Balaban J connectivity index is 1.79. The van der Waals surface area contributed by atoms with Gasteiger partial charge in [0.15, 0.2) is 5.82 Å². The van der Waals surface area contributed by atoms with E-state index in [0.29, 0.717) is 17.4 Å². The minimum absolute atomic E-state index is 0.0619. The Labute approximate surface area is 175 Å². The summed E-state index contributed by atoms with van der Waals surface area (Å²) < 4.78 is 47.0. The van der Waals surface area contributed by atoms with Crippen LogP contribution in [0.2, 0.25) is 0 Å². The van der Waals surface area contributed by atoms with Crippen LogP contribution >= 0.6 is 0 Å². The largest absolute Gasteiger partial charge is 0.506 e. The Morgan fingerprint density at radius 1 is 1.37 bits per heavy atom. The molecule has 0 radical (unpaired) electrons. The second kappa shape index (κ2) is 7.93. The van der Waals surface area contributed by atoms with Crippen molar-refractivity contribution in [2.45, 2.75) is 45.6 Å². The molecule has 2 heterocycles. The van der Waals surface area contributed by atoms with Gasteiger partial charge in [-0.1, -0.05) is 6.07 Å². The van der Waals surface area contributed by atoms with Crippen molar-refractivity contribution in [1.29, 1.82) is 0 Å². The second-order valence-corrected chi connectivity index (χ2v) is 10.2. The summed E-state index contributed by atoms with van der Waals surface area (Å²) in [5, 5.41) is 10.1. The van der Waals surface area contributed by atoms with Gasteiger partial charge in [0.25, 0.3) is 5.91 Å². The number of likely N-dealkylation sites (tertiary alicyclic amines) is 1. The van der Waals surface area contributed by atoms with Gasteiger partial charge in [-0.3, -0.25) is 4.79 Å². The van der Waals surface area contributed by atoms with Crippen molar-refractivity contribution in [1.82, 2.24) is 9.62 Å². The van der Waals surface area contributed by atoms with Crippen molar-refractivity contribution in [3.05, 3.63) is 23.5 Å². The Kier molecular flexibility index (Phi) is 5.85. The van der Waals surface area contributed by atoms with Gasteiger partial charge in [0.2, 0.25) is 0 Å². The van der Waals surface area contributed by atoms with Gasteiger partial charge in [-0.2, -0.15) is 8.42 Å². The molecule has 0 spiro atoms. The number of aromatic hydroxyl groups is 1. The average Bonchev–Trinajstić information content (AvgIpc) is 2.88. The molecule has 2 fully saturated rings. The number of rotatable bonds is 3. The highest BCUT2D eigenvalue weighted by Gasteiger charge is 2.38. The lowest BCUT2D eigenvalue weighted by molar-refractivity contribution is -0.117. The van der Waals surface area contributed by atoms with E-state index < -0.39 is 51.6 Å². The van der Waals surface area contributed by atoms with Gasteiger partial charge in [-0.25, -0.2) is 18.2 Å². The van der Waals surface area contributed by atoms with E-state index in [0.717, 1.165) is 12.8 Å². The predicted molar refractivity (Wildman–Crippen MR) is 107 cm³/mol. The molecule has 1 aromatic carbocycles. The minimum atomic E-state index is -4.26. The van der Waals surface area contributed by atoms with Gasteiger partial charge in [0.05, 0.1) is 0 Å². The summed E-state index contributed by atoms with van der Waals surface area (Å²) >= 11 is 0. The number of amides is 2. The summed E-state index contributed by atoms with van der Waals surface area (Å²) in [6, 6.07) is 2.60. The number of piperidine rings is 1. The maximum Gasteiger partial charge on any atom is 0.410 e. The topological polar surface area (TPSA) is 116 Å². The van der Waals surface area contributed by atoms with E-state index in [-0.39, 0.29) is 17.9 Å². The number of benzene rings is 1. The molecule has 0 saturated carbocycles. The molecule has 2 saturated heterocycles. The van der Waals surface area contributed by atoms with Crippen molar-refractivity contribution < 1.29 is 32.2 Å². The third-order valence-corrected chi connectivity index (χ3v) is 6.30. The first-order valence-electron chi connectivity index (χ1n) is 9.69. The number of ether oxygens (including phenoxy) is 1. The lowest BCUT2D eigenvalue weighted by atomic mass is 9.91. The third kappa shape index (κ3) is 4.77. The van der Waals surface area contributed by atoms with Crippen LogP contribution in [0.15, 0.2) is 12.1 Å². The van der Waals surface area contributed by atoms with E-state index >= 15 is 4.39 Å². The number of phenols is 1. The Bertz CT molecular complexity index is 960. The van der Waals surface area contributed by atoms with E-state index in [1.807, 2.05) is 0 Å². The summed E-state index contributed by atoms with van der Waals surface area (Å²) in [5.41, 5.74) is -0.964. The smallest absolute Gasteiger partial charge is 0.410 e. The van der Waals surface area contributed by atoms with Crippen molar-refractivity contribution in [3.63, 3.8) is 0 Å². The van der Waals surface area contributed by atoms with Crippen molar-refractivity contribution in [2.24, 2.45) is 5.92 Å². The van der Waals surface area contributed by atoms with E-state index in [1.165, 1.54) is 12.1 Å². The molecule has 1 atom stereocenters. The standard InChI is InChI=1S/C19H26FN3O6S/c1-19(2,3)29-18(26)22-8-4-5-12(10-22)9-13-6-7-14(24)17(16(13)20)23-11-15(25)21-30(23,27)28/h6-7,12,24H,4-5,8-11H2,1-3H3,(H,21,25). The van der Waals surface area contributed by atoms with E-state index in [2.05, 4.69) is 0 Å². The number of carbonyl (C=O) groups is 2. The maximum atomic E-state index is 15.2. The van der Waals surface area contributed by atoms with E-state index in [4.69, 9.17) is 4.74 Å². The summed E-state index contributed by atoms with van der Waals surface area (Å²) in [6.07, 6.45) is 1.31. The van der Waals surface area contributed by atoms with Crippen LogP contribution in [0.3, 0.4) is 0 Å². The first-order chi connectivity index (χ1) is 13.9. The number of hydrogen-bond acceptors (Lipinski definition) is 6. The molecule has 0 aliphatic carbocycles. The van der Waals surface area contributed by atoms with Gasteiger partial charge in [0, 0.05) is 13.1 Å². The van der Waals surface area contributed by atoms with Gasteiger partial charge in [0.1, 0.15) is 23.6 Å². The number of anilines is 1. The van der Waals surface area contributed by atoms with Crippen LogP contribution in [0.1, 0.15) is 39.2 Å². The van der Waals surface area contributed by atoms with Gasteiger partial charge >= 0.3 is 16.3 Å². The summed E-state index contributed by atoms with van der Waals surface area (Å²) in [4.78, 5) is 25.4. The normalized spacial score (nSPS) is 21.5. The van der Waals surface area contributed by atoms with E-state index in [9.17, 15) is 23.1 Å². The number of phenolic OH excluding ortho intramolecular Hbond substituents is 1. The molecule has 2 aliphatic rings. The molecule has 1 unspecified atom stereocenters. The molecule has 11 heteroatoms. The summed E-state index contributed by atoms with van der Waals surface area (Å²) in [6.45, 7) is 5.68. The molecule has 0 bridgehead atoms. The molecule has 0 aromatic heterocycles. The summed E-state index contributed by atoms with van der Waals surface area (Å²) in [7, 11) is -4.26. The lowest BCUT2D eigenvalue weighted by Crippen LogP contribution is -2.43. The SMILES string of the molecule is CC(C)(C)OC(=O)N1CCCC(Cc2ccc(O)c(N3CC(=O)NS3(=O)=O)c2F)C1. The van der Waals surface area contributed by atoms with Crippen molar-refractivity contribution in [3.8, 4) is 5.75 Å². The fraction of sp³-hybridized carbons (Fsp3) is 0.579. The number of carbonyl (C=O) groups excluding carboxylic acids is 2. The molecule has 166 valence electrons. The van der Waals surface area contributed by atoms with Crippen LogP contribution in [0, 0.1) is 11.7 Å². The quantitative estimate of drug-likeness (QED) is 0.737. The van der Waals surface area contributed by atoms with Crippen LogP contribution in [-0.2, 0) is 26.2 Å². The zero-order chi connectivity index (χ0) is 22.3. The average molecular weight is 443 g/mol. The number of hydrogen-bond donors (Lipinski definition) is 2. The monoisotopic (exact) mass is 443 g/mol. The van der Waals surface area contributed by atoms with Crippen LogP contribution in [0.4, 0.5) is 14.9 Å². The minimum Gasteiger partial charge on any atom is -0.506 e. The molecule has 3 rings (SSSR count). The highest BCUT2D eigenvalue weighted by molar-refractivity contribution is 7.92. The van der Waals surface area contributed by atoms with Crippen LogP contribution in [0.5, 0.6) is 5.75 Å². The predicted octanol–water partition coefficient (Wildman–Crippen LogP) is 1.90. The van der Waals surface area contributed by atoms with Crippen molar-refractivity contribution >= 4 is 27.9 Å². The number of nitrogens with one attached hydrogen (secondary N) is 1. The number of halogens is 1. The van der Waals surface area contributed by atoms with Crippen LogP contribution in [-0.4, -0.2) is 55.7 Å².